The molecule has 1 N–H and O–H groups in total. The molecular formula is C21H21N3O5S. The van der Waals surface area contributed by atoms with E-state index in [1.807, 2.05) is 18.2 Å². The van der Waals surface area contributed by atoms with Crippen molar-refractivity contribution in [3.63, 3.8) is 0 Å². The molecule has 1 atom stereocenters. The largest absolute Gasteiger partial charge is 0.454 e. The van der Waals surface area contributed by atoms with Crippen LogP contribution in [0.2, 0.25) is 0 Å². The van der Waals surface area contributed by atoms with E-state index in [9.17, 15) is 9.59 Å². The van der Waals surface area contributed by atoms with Crippen LogP contribution in [0.5, 0.6) is 11.5 Å². The average molecular weight is 427 g/mol. The number of amides is 2. The third-order valence-corrected chi connectivity index (χ3v) is 6.31. The number of carbonyl (C=O) groups is 2. The number of fused-ring (bicyclic) bond motifs is 2. The Morgan fingerprint density at radius 2 is 2.17 bits per heavy atom. The molecule has 9 heteroatoms. The van der Waals surface area contributed by atoms with Gasteiger partial charge in [-0.1, -0.05) is 17.4 Å². The summed E-state index contributed by atoms with van der Waals surface area (Å²) in [6.45, 7) is 1.94. The van der Waals surface area contributed by atoms with Crippen LogP contribution in [0.25, 0.3) is 6.08 Å². The molecule has 3 aliphatic heterocycles. The van der Waals surface area contributed by atoms with Crippen LogP contribution < -0.4 is 14.8 Å². The fraction of sp³-hybridized carbons (Fsp3) is 0.381. The van der Waals surface area contributed by atoms with E-state index in [1.165, 1.54) is 11.3 Å². The molecule has 156 valence electrons. The summed E-state index contributed by atoms with van der Waals surface area (Å²) in [5.41, 5.74) is 1.83. The molecule has 1 unspecified atom stereocenters. The lowest BCUT2D eigenvalue weighted by molar-refractivity contribution is -0.127. The zero-order chi connectivity index (χ0) is 20.5. The number of rotatable bonds is 4. The predicted molar refractivity (Wildman–Crippen MR) is 110 cm³/mol. The van der Waals surface area contributed by atoms with Crippen LogP contribution in [0.15, 0.2) is 24.3 Å². The monoisotopic (exact) mass is 427 g/mol. The Hall–Kier alpha value is -2.91. The number of aromatic nitrogens is 1. The maximum Gasteiger partial charge on any atom is 0.255 e. The fourth-order valence-corrected chi connectivity index (χ4v) is 4.72. The summed E-state index contributed by atoms with van der Waals surface area (Å²) < 4.78 is 16.1. The molecule has 1 fully saturated rings. The Kier molecular flexibility index (Phi) is 5.14. The van der Waals surface area contributed by atoms with E-state index < -0.39 is 0 Å². The number of carbonyl (C=O) groups excluding carboxylic acids is 2. The molecular weight excluding hydrogens is 406 g/mol. The quantitative estimate of drug-likeness (QED) is 0.755. The molecule has 2 amide bonds. The molecule has 1 aromatic carbocycles. The van der Waals surface area contributed by atoms with Crippen LogP contribution in [0.1, 0.15) is 29.0 Å². The van der Waals surface area contributed by atoms with Gasteiger partial charge in [-0.3, -0.25) is 14.9 Å². The zero-order valence-corrected chi connectivity index (χ0v) is 17.1. The molecule has 0 bridgehead atoms. The van der Waals surface area contributed by atoms with Gasteiger partial charge in [-0.25, -0.2) is 4.98 Å². The lowest BCUT2D eigenvalue weighted by atomic mass is 10.1. The third kappa shape index (κ3) is 3.90. The number of anilines is 1. The highest BCUT2D eigenvalue weighted by atomic mass is 32.1. The summed E-state index contributed by atoms with van der Waals surface area (Å²) in [5, 5.41) is 3.43. The third-order valence-electron chi connectivity index (χ3n) is 5.31. The minimum atomic E-state index is -0.384. The summed E-state index contributed by atoms with van der Waals surface area (Å²) in [6.07, 6.45) is 5.29. The van der Waals surface area contributed by atoms with Crippen molar-refractivity contribution in [3.05, 3.63) is 40.4 Å². The maximum atomic E-state index is 12.7. The van der Waals surface area contributed by atoms with Gasteiger partial charge in [0.05, 0.1) is 12.2 Å². The van der Waals surface area contributed by atoms with Gasteiger partial charge in [0.1, 0.15) is 6.10 Å². The molecule has 1 aromatic heterocycles. The Labute approximate surface area is 177 Å². The number of hydrogen-bond acceptors (Lipinski definition) is 7. The lowest BCUT2D eigenvalue weighted by Crippen LogP contribution is -2.34. The van der Waals surface area contributed by atoms with E-state index in [4.69, 9.17) is 14.2 Å². The molecule has 1 saturated heterocycles. The van der Waals surface area contributed by atoms with Crippen LogP contribution >= 0.6 is 11.3 Å². The van der Waals surface area contributed by atoms with Crippen molar-refractivity contribution in [3.8, 4) is 11.5 Å². The number of nitrogens with zero attached hydrogens (tertiary/aromatic N) is 2. The van der Waals surface area contributed by atoms with Gasteiger partial charge in [0.15, 0.2) is 16.6 Å². The first kappa shape index (κ1) is 19.1. The molecule has 0 radical (unpaired) electrons. The summed E-state index contributed by atoms with van der Waals surface area (Å²) in [6, 6.07) is 5.58. The van der Waals surface area contributed by atoms with Gasteiger partial charge in [-0.05, 0) is 36.6 Å². The summed E-state index contributed by atoms with van der Waals surface area (Å²) in [7, 11) is 0. The van der Waals surface area contributed by atoms with Crippen LogP contribution in [0.3, 0.4) is 0 Å². The van der Waals surface area contributed by atoms with Crippen molar-refractivity contribution in [2.75, 3.05) is 25.3 Å². The molecule has 5 rings (SSSR count). The van der Waals surface area contributed by atoms with E-state index in [0.717, 1.165) is 34.7 Å². The highest BCUT2D eigenvalue weighted by molar-refractivity contribution is 7.15. The fourth-order valence-electron chi connectivity index (χ4n) is 3.70. The zero-order valence-electron chi connectivity index (χ0n) is 16.3. The molecule has 3 aliphatic rings. The first-order valence-electron chi connectivity index (χ1n) is 9.93. The van der Waals surface area contributed by atoms with Crippen molar-refractivity contribution in [1.29, 1.82) is 0 Å². The average Bonchev–Trinajstić information content (AvgIpc) is 3.51. The second-order valence-electron chi connectivity index (χ2n) is 7.34. The van der Waals surface area contributed by atoms with Crippen LogP contribution in [0.4, 0.5) is 5.13 Å². The first-order chi connectivity index (χ1) is 14.7. The molecule has 2 aromatic rings. The number of thiazole rings is 1. The SMILES string of the molecule is O=C(Nc1nc2c(s1)CN(C(=O)/C=C/c1ccc3c(c1)OCO3)CC2)C1CCCO1. The van der Waals surface area contributed by atoms with Gasteiger partial charge in [-0.2, -0.15) is 0 Å². The molecule has 30 heavy (non-hydrogen) atoms. The number of hydrogen-bond donors (Lipinski definition) is 1. The Morgan fingerprint density at radius 1 is 1.27 bits per heavy atom. The smallest absolute Gasteiger partial charge is 0.255 e. The van der Waals surface area contributed by atoms with E-state index in [-0.39, 0.29) is 24.7 Å². The molecule has 0 spiro atoms. The maximum absolute atomic E-state index is 12.7. The number of benzene rings is 1. The van der Waals surface area contributed by atoms with Gasteiger partial charge in [0.25, 0.3) is 5.91 Å². The Bertz CT molecular complexity index is 1010. The van der Waals surface area contributed by atoms with Crippen molar-refractivity contribution in [1.82, 2.24) is 9.88 Å². The highest BCUT2D eigenvalue weighted by Gasteiger charge is 2.27. The molecule has 8 nitrogen and oxygen atoms in total. The Balaban J connectivity index is 1.21. The van der Waals surface area contributed by atoms with E-state index >= 15 is 0 Å². The van der Waals surface area contributed by atoms with E-state index in [1.54, 1.807) is 17.1 Å². The van der Waals surface area contributed by atoms with Gasteiger partial charge in [-0.15, -0.1) is 0 Å². The van der Waals surface area contributed by atoms with Crippen molar-refractivity contribution in [2.45, 2.75) is 31.9 Å². The number of ether oxygens (including phenoxy) is 3. The molecule has 4 heterocycles. The lowest BCUT2D eigenvalue weighted by Gasteiger charge is -2.24. The van der Waals surface area contributed by atoms with Gasteiger partial charge in [0, 0.05) is 30.5 Å². The van der Waals surface area contributed by atoms with Crippen LogP contribution in [-0.4, -0.2) is 47.7 Å². The summed E-state index contributed by atoms with van der Waals surface area (Å²) in [5.74, 6) is 1.21. The number of nitrogens with one attached hydrogen (secondary N) is 1. The second kappa shape index (κ2) is 8.08. The van der Waals surface area contributed by atoms with Gasteiger partial charge in [0.2, 0.25) is 12.7 Å². The predicted octanol–water partition coefficient (Wildman–Crippen LogP) is 2.59. The molecule has 0 aliphatic carbocycles. The van der Waals surface area contributed by atoms with Crippen molar-refractivity contribution >= 4 is 34.4 Å². The van der Waals surface area contributed by atoms with E-state index in [0.29, 0.717) is 37.0 Å². The summed E-state index contributed by atoms with van der Waals surface area (Å²) >= 11 is 1.42. The van der Waals surface area contributed by atoms with Crippen molar-refractivity contribution < 1.29 is 23.8 Å². The van der Waals surface area contributed by atoms with Crippen LogP contribution in [-0.2, 0) is 27.3 Å². The van der Waals surface area contributed by atoms with Gasteiger partial charge >= 0.3 is 0 Å². The minimum Gasteiger partial charge on any atom is -0.454 e. The van der Waals surface area contributed by atoms with Gasteiger partial charge < -0.3 is 19.1 Å². The Morgan fingerprint density at radius 3 is 3.03 bits per heavy atom. The van der Waals surface area contributed by atoms with Crippen molar-refractivity contribution in [2.24, 2.45) is 0 Å². The molecule has 0 saturated carbocycles. The van der Waals surface area contributed by atoms with Crippen LogP contribution in [0, 0.1) is 0 Å². The second-order valence-corrected chi connectivity index (χ2v) is 8.42. The minimum absolute atomic E-state index is 0.0586. The normalized spacial score (nSPS) is 19.9. The standard InChI is InChI=1S/C21H21N3O5S/c25-19(6-4-13-3-5-15-17(10-13)29-12-28-15)24-8-7-14-18(11-24)30-21(22-14)23-20(26)16-2-1-9-27-16/h3-6,10,16H,1-2,7-9,11-12H2,(H,22,23,26)/b6-4+. The topological polar surface area (TPSA) is 90.0 Å². The summed E-state index contributed by atoms with van der Waals surface area (Å²) in [4.78, 5) is 32.2. The highest BCUT2D eigenvalue weighted by Crippen LogP contribution is 2.33. The van der Waals surface area contributed by atoms with E-state index in [2.05, 4.69) is 10.3 Å². The first-order valence-corrected chi connectivity index (χ1v) is 10.7.